The molecule has 0 spiro atoms. The van der Waals surface area contributed by atoms with Gasteiger partial charge in [-0.15, -0.1) is 0 Å². The number of halogens is 1. The van der Waals surface area contributed by atoms with E-state index in [1.54, 1.807) is 54.3 Å². The molecule has 0 saturated carbocycles. The summed E-state index contributed by atoms with van der Waals surface area (Å²) in [6, 6.07) is 10.3. The Morgan fingerprint density at radius 3 is 2.57 bits per heavy atom. The van der Waals surface area contributed by atoms with Gasteiger partial charge in [-0.05, 0) is 37.6 Å². The van der Waals surface area contributed by atoms with Crippen molar-refractivity contribution in [1.29, 1.82) is 0 Å². The number of carbonyl (C=O) groups is 3. The second-order valence-corrected chi connectivity index (χ2v) is 9.54. The molecule has 2 aromatic rings. The molecule has 1 aliphatic rings. The quantitative estimate of drug-likeness (QED) is 0.647. The van der Waals surface area contributed by atoms with Crippen LogP contribution in [0.4, 0.5) is 10.1 Å². The van der Waals surface area contributed by atoms with Gasteiger partial charge in [-0.3, -0.25) is 14.4 Å². The van der Waals surface area contributed by atoms with Crippen LogP contribution in [0.2, 0.25) is 0 Å². The van der Waals surface area contributed by atoms with Gasteiger partial charge in [0.25, 0.3) is 11.8 Å². The third-order valence-electron chi connectivity index (χ3n) is 6.57. The highest BCUT2D eigenvalue weighted by molar-refractivity contribution is 5.98. The van der Waals surface area contributed by atoms with Crippen LogP contribution >= 0.6 is 0 Å². The highest BCUT2D eigenvalue weighted by atomic mass is 19.1. The molecule has 3 rings (SSSR count). The van der Waals surface area contributed by atoms with Crippen molar-refractivity contribution >= 4 is 23.4 Å². The molecule has 0 aliphatic carbocycles. The van der Waals surface area contributed by atoms with Crippen LogP contribution in [0.15, 0.2) is 42.5 Å². The highest BCUT2D eigenvalue weighted by Gasteiger charge is 2.31. The summed E-state index contributed by atoms with van der Waals surface area (Å²) >= 11 is 0. The first-order chi connectivity index (χ1) is 17.7. The van der Waals surface area contributed by atoms with E-state index in [4.69, 9.17) is 9.47 Å². The number of amides is 3. The van der Waals surface area contributed by atoms with Gasteiger partial charge in [0.05, 0.1) is 23.3 Å². The van der Waals surface area contributed by atoms with Crippen molar-refractivity contribution < 1.29 is 28.2 Å². The van der Waals surface area contributed by atoms with Crippen LogP contribution in [-0.2, 0) is 9.53 Å². The lowest BCUT2D eigenvalue weighted by atomic mass is 10.0. The SMILES string of the molecule is CCCC(=O)Nc1ccc2c(c1)OC[C@@H](C)N(C(=O)c1ccccc1F)C[C@@H](C)[C@@H](OC)CN(C)C2=O. The van der Waals surface area contributed by atoms with E-state index < -0.39 is 17.8 Å². The van der Waals surface area contributed by atoms with E-state index in [-0.39, 0.29) is 49.1 Å². The molecular weight excluding hydrogens is 477 g/mol. The molecule has 0 bridgehead atoms. The summed E-state index contributed by atoms with van der Waals surface area (Å²) in [7, 11) is 3.25. The van der Waals surface area contributed by atoms with Crippen molar-refractivity contribution in [2.45, 2.75) is 45.8 Å². The third-order valence-corrected chi connectivity index (χ3v) is 6.57. The van der Waals surface area contributed by atoms with Crippen LogP contribution in [0.5, 0.6) is 5.75 Å². The highest BCUT2D eigenvalue weighted by Crippen LogP contribution is 2.27. The molecule has 0 saturated heterocycles. The van der Waals surface area contributed by atoms with Gasteiger partial charge in [0.2, 0.25) is 5.91 Å². The number of carbonyl (C=O) groups excluding carboxylic acids is 3. The largest absolute Gasteiger partial charge is 0.491 e. The number of rotatable bonds is 5. The lowest BCUT2D eigenvalue weighted by Gasteiger charge is -2.36. The van der Waals surface area contributed by atoms with Crippen molar-refractivity contribution in [3.05, 3.63) is 59.4 Å². The molecule has 37 heavy (non-hydrogen) atoms. The van der Waals surface area contributed by atoms with E-state index >= 15 is 0 Å². The van der Waals surface area contributed by atoms with Gasteiger partial charge in [0, 0.05) is 51.3 Å². The van der Waals surface area contributed by atoms with Gasteiger partial charge in [0.1, 0.15) is 18.2 Å². The monoisotopic (exact) mass is 513 g/mol. The minimum Gasteiger partial charge on any atom is -0.491 e. The Morgan fingerprint density at radius 2 is 1.89 bits per heavy atom. The molecule has 2 aromatic carbocycles. The van der Waals surface area contributed by atoms with E-state index in [1.807, 2.05) is 20.8 Å². The molecule has 1 heterocycles. The van der Waals surface area contributed by atoms with Crippen molar-refractivity contribution in [1.82, 2.24) is 9.80 Å². The summed E-state index contributed by atoms with van der Waals surface area (Å²) in [6.07, 6.45) is 0.716. The number of likely N-dealkylation sites (N-methyl/N-ethyl adjacent to an activating group) is 1. The molecule has 0 unspecified atom stereocenters. The normalized spacial score (nSPS) is 20.8. The summed E-state index contributed by atoms with van der Waals surface area (Å²) in [5.74, 6) is -1.29. The average molecular weight is 514 g/mol. The maximum atomic E-state index is 14.5. The van der Waals surface area contributed by atoms with Gasteiger partial charge in [-0.1, -0.05) is 26.0 Å². The second-order valence-electron chi connectivity index (χ2n) is 9.54. The smallest absolute Gasteiger partial charge is 0.257 e. The Hall–Kier alpha value is -3.46. The minimum absolute atomic E-state index is 0.0174. The minimum atomic E-state index is -0.592. The Bertz CT molecular complexity index is 1120. The number of anilines is 1. The summed E-state index contributed by atoms with van der Waals surface area (Å²) < 4.78 is 26.3. The molecule has 8 nitrogen and oxygen atoms in total. The number of methoxy groups -OCH3 is 1. The fourth-order valence-corrected chi connectivity index (χ4v) is 4.37. The first kappa shape index (κ1) is 28.1. The summed E-state index contributed by atoms with van der Waals surface area (Å²) in [4.78, 5) is 42.1. The van der Waals surface area contributed by atoms with Gasteiger partial charge >= 0.3 is 0 Å². The Labute approximate surface area is 217 Å². The predicted octanol–water partition coefficient (Wildman–Crippen LogP) is 4.21. The van der Waals surface area contributed by atoms with E-state index in [9.17, 15) is 18.8 Å². The molecule has 200 valence electrons. The molecule has 3 amide bonds. The maximum Gasteiger partial charge on any atom is 0.257 e. The zero-order chi connectivity index (χ0) is 27.1. The van der Waals surface area contributed by atoms with Gasteiger partial charge in [-0.2, -0.15) is 0 Å². The number of ether oxygens (including phenoxy) is 2. The molecule has 1 N–H and O–H groups in total. The lowest BCUT2D eigenvalue weighted by Crippen LogP contribution is -2.48. The average Bonchev–Trinajstić information content (AvgIpc) is 2.87. The molecular formula is C28H36FN3O5. The number of fused-ring (bicyclic) bond motifs is 1. The Morgan fingerprint density at radius 1 is 1.16 bits per heavy atom. The van der Waals surface area contributed by atoms with Crippen molar-refractivity contribution in [2.24, 2.45) is 5.92 Å². The molecule has 0 fully saturated rings. The van der Waals surface area contributed by atoms with E-state index in [0.717, 1.165) is 0 Å². The van der Waals surface area contributed by atoms with Crippen LogP contribution in [0, 0.1) is 11.7 Å². The van der Waals surface area contributed by atoms with Gasteiger partial charge in [0.15, 0.2) is 0 Å². The Kier molecular flexibility index (Phi) is 9.63. The number of nitrogens with zero attached hydrogens (tertiary/aromatic N) is 2. The fourth-order valence-electron chi connectivity index (χ4n) is 4.37. The van der Waals surface area contributed by atoms with Crippen molar-refractivity contribution in [2.75, 3.05) is 39.2 Å². The van der Waals surface area contributed by atoms with Crippen LogP contribution in [0.1, 0.15) is 54.3 Å². The number of hydrogen-bond donors (Lipinski definition) is 1. The summed E-state index contributed by atoms with van der Waals surface area (Å²) in [5.41, 5.74) is 0.824. The van der Waals surface area contributed by atoms with E-state index in [2.05, 4.69) is 5.32 Å². The topological polar surface area (TPSA) is 88.2 Å². The van der Waals surface area contributed by atoms with Crippen molar-refractivity contribution in [3.63, 3.8) is 0 Å². The first-order valence-electron chi connectivity index (χ1n) is 12.6. The summed E-state index contributed by atoms with van der Waals surface area (Å²) in [6.45, 7) is 6.28. The zero-order valence-corrected chi connectivity index (χ0v) is 22.1. The van der Waals surface area contributed by atoms with Crippen molar-refractivity contribution in [3.8, 4) is 5.75 Å². The van der Waals surface area contributed by atoms with Gasteiger partial charge < -0.3 is 24.6 Å². The van der Waals surface area contributed by atoms with Gasteiger partial charge in [-0.25, -0.2) is 4.39 Å². The number of benzene rings is 2. The Balaban J connectivity index is 1.99. The summed E-state index contributed by atoms with van der Waals surface area (Å²) in [5, 5.41) is 2.82. The molecule has 0 aromatic heterocycles. The van der Waals surface area contributed by atoms with Crippen LogP contribution in [0.25, 0.3) is 0 Å². The third kappa shape index (κ3) is 6.85. The zero-order valence-electron chi connectivity index (χ0n) is 22.1. The molecule has 9 heteroatoms. The van der Waals surface area contributed by atoms with E-state index in [0.29, 0.717) is 29.8 Å². The predicted molar refractivity (Wildman–Crippen MR) is 139 cm³/mol. The second kappa shape index (κ2) is 12.7. The van der Waals surface area contributed by atoms with E-state index in [1.165, 1.54) is 12.1 Å². The number of nitrogens with one attached hydrogen (secondary N) is 1. The maximum absolute atomic E-state index is 14.5. The lowest BCUT2D eigenvalue weighted by molar-refractivity contribution is -0.116. The molecule has 3 atom stereocenters. The number of hydrogen-bond acceptors (Lipinski definition) is 5. The van der Waals surface area contributed by atoms with Crippen LogP contribution < -0.4 is 10.1 Å². The standard InChI is InChI=1S/C28H36FN3O5/c1-6-9-26(33)30-20-12-13-22-24(14-20)37-17-19(3)32(28(35)21-10-7-8-11-23(21)29)15-18(2)25(36-5)16-31(4)27(22)34/h7-8,10-14,18-19,25H,6,9,15-17H2,1-5H3,(H,30,33)/t18-,19-,25+/m1/s1. The van der Waals surface area contributed by atoms with Crippen LogP contribution in [-0.4, -0.2) is 73.5 Å². The molecule has 0 radical (unpaired) electrons. The first-order valence-corrected chi connectivity index (χ1v) is 12.6. The fraction of sp³-hybridized carbons (Fsp3) is 0.464. The van der Waals surface area contributed by atoms with Crippen LogP contribution in [0.3, 0.4) is 0 Å². The molecule has 1 aliphatic heterocycles.